The predicted molar refractivity (Wildman–Crippen MR) is 122 cm³/mol. The van der Waals surface area contributed by atoms with Crippen LogP contribution in [0.2, 0.25) is 0 Å². The SMILES string of the molecule is Cn1cnc(-c2cnc(OC3CCN(C(=O)Cc4ccc(OC(F)(F)F)cc4)CC3F)c(C(N)=O)c2)c1. The molecule has 1 aliphatic heterocycles. The summed E-state index contributed by atoms with van der Waals surface area (Å²) in [6.45, 7) is -0.0756. The van der Waals surface area contributed by atoms with Gasteiger partial charge in [-0.05, 0) is 23.8 Å². The molecule has 0 aliphatic carbocycles. The number of halogens is 4. The van der Waals surface area contributed by atoms with Crippen molar-refractivity contribution < 1.29 is 36.6 Å². The van der Waals surface area contributed by atoms with Crippen LogP contribution in [0, 0.1) is 0 Å². The number of carbonyl (C=O) groups is 2. The summed E-state index contributed by atoms with van der Waals surface area (Å²) in [5.74, 6) is -1.69. The molecule has 0 radical (unpaired) electrons. The van der Waals surface area contributed by atoms with Gasteiger partial charge in [-0.15, -0.1) is 13.2 Å². The molecule has 3 aromatic rings. The molecule has 0 saturated carbocycles. The largest absolute Gasteiger partial charge is 0.573 e. The van der Waals surface area contributed by atoms with Gasteiger partial charge in [0.1, 0.15) is 17.4 Å². The van der Waals surface area contributed by atoms with E-state index in [4.69, 9.17) is 10.5 Å². The van der Waals surface area contributed by atoms with Gasteiger partial charge in [0.05, 0.1) is 25.0 Å². The molecule has 0 bridgehead atoms. The third-order valence-corrected chi connectivity index (χ3v) is 5.73. The Morgan fingerprint density at radius 3 is 2.51 bits per heavy atom. The first-order chi connectivity index (χ1) is 17.5. The number of hydrogen-bond donors (Lipinski definition) is 1. The molecular formula is C24H23F4N5O4. The summed E-state index contributed by atoms with van der Waals surface area (Å²) < 4.78 is 63.1. The third-order valence-electron chi connectivity index (χ3n) is 5.73. The zero-order valence-corrected chi connectivity index (χ0v) is 19.6. The molecule has 1 aliphatic rings. The second-order valence-corrected chi connectivity index (χ2v) is 8.53. The Labute approximate surface area is 208 Å². The number of carbonyl (C=O) groups excluding carboxylic acids is 2. The molecule has 3 heterocycles. The molecule has 1 saturated heterocycles. The van der Waals surface area contributed by atoms with Crippen LogP contribution in [0.25, 0.3) is 11.3 Å². The molecule has 2 unspecified atom stereocenters. The summed E-state index contributed by atoms with van der Waals surface area (Å²) in [5, 5.41) is 0. The number of imidazole rings is 1. The Balaban J connectivity index is 1.37. The van der Waals surface area contributed by atoms with Crippen LogP contribution >= 0.6 is 0 Å². The molecule has 2 aromatic heterocycles. The highest BCUT2D eigenvalue weighted by atomic mass is 19.4. The van der Waals surface area contributed by atoms with Crippen LogP contribution < -0.4 is 15.2 Å². The summed E-state index contributed by atoms with van der Waals surface area (Å²) in [5.41, 5.74) is 7.03. The van der Waals surface area contributed by atoms with E-state index in [1.54, 1.807) is 24.1 Å². The first kappa shape index (κ1) is 25.9. The minimum absolute atomic E-state index is 0.0215. The highest BCUT2D eigenvalue weighted by Crippen LogP contribution is 2.27. The highest BCUT2D eigenvalue weighted by Gasteiger charge is 2.34. The number of nitrogens with zero attached hydrogens (tertiary/aromatic N) is 4. The van der Waals surface area contributed by atoms with E-state index in [-0.39, 0.29) is 43.3 Å². The van der Waals surface area contributed by atoms with Gasteiger partial charge >= 0.3 is 6.36 Å². The van der Waals surface area contributed by atoms with E-state index in [9.17, 15) is 27.2 Å². The number of amides is 2. The number of aromatic nitrogens is 3. The summed E-state index contributed by atoms with van der Waals surface area (Å²) in [7, 11) is 1.79. The summed E-state index contributed by atoms with van der Waals surface area (Å²) in [6, 6.07) is 6.37. The first-order valence-electron chi connectivity index (χ1n) is 11.2. The fourth-order valence-corrected chi connectivity index (χ4v) is 3.91. The molecule has 1 aromatic carbocycles. The maximum atomic E-state index is 15.0. The lowest BCUT2D eigenvalue weighted by atomic mass is 10.0. The van der Waals surface area contributed by atoms with Crippen LogP contribution in [0.5, 0.6) is 11.6 Å². The number of aryl methyl sites for hydroxylation is 1. The minimum atomic E-state index is -4.81. The van der Waals surface area contributed by atoms with Crippen molar-refractivity contribution in [3.63, 3.8) is 0 Å². The van der Waals surface area contributed by atoms with Crippen molar-refractivity contribution in [2.45, 2.75) is 31.5 Å². The number of primary amides is 1. The fourth-order valence-electron chi connectivity index (χ4n) is 3.91. The number of benzene rings is 1. The maximum Gasteiger partial charge on any atom is 0.573 e. The number of pyridine rings is 1. The van der Waals surface area contributed by atoms with Crippen molar-refractivity contribution in [3.05, 3.63) is 60.2 Å². The van der Waals surface area contributed by atoms with Crippen LogP contribution in [0.4, 0.5) is 17.6 Å². The monoisotopic (exact) mass is 521 g/mol. The van der Waals surface area contributed by atoms with Crippen LogP contribution in [0.1, 0.15) is 22.3 Å². The number of rotatable bonds is 7. The van der Waals surface area contributed by atoms with Gasteiger partial charge in [-0.3, -0.25) is 9.59 Å². The van der Waals surface area contributed by atoms with E-state index in [2.05, 4.69) is 14.7 Å². The van der Waals surface area contributed by atoms with Gasteiger partial charge < -0.3 is 24.7 Å². The van der Waals surface area contributed by atoms with Gasteiger partial charge in [0.15, 0.2) is 6.17 Å². The van der Waals surface area contributed by atoms with Crippen LogP contribution in [-0.2, 0) is 18.3 Å². The predicted octanol–water partition coefficient (Wildman–Crippen LogP) is 3.04. The minimum Gasteiger partial charge on any atom is -0.471 e. The molecule has 0 spiro atoms. The zero-order chi connectivity index (χ0) is 26.7. The molecule has 9 nitrogen and oxygen atoms in total. The van der Waals surface area contributed by atoms with Crippen molar-refractivity contribution in [1.29, 1.82) is 0 Å². The quantitative estimate of drug-likeness (QED) is 0.479. The van der Waals surface area contributed by atoms with E-state index >= 15 is 0 Å². The van der Waals surface area contributed by atoms with E-state index in [0.29, 0.717) is 16.8 Å². The molecule has 2 amide bonds. The van der Waals surface area contributed by atoms with Gasteiger partial charge in [0.2, 0.25) is 11.8 Å². The van der Waals surface area contributed by atoms with Crippen molar-refractivity contribution >= 4 is 11.8 Å². The molecule has 2 atom stereocenters. The van der Waals surface area contributed by atoms with Gasteiger partial charge in [-0.1, -0.05) is 12.1 Å². The molecule has 37 heavy (non-hydrogen) atoms. The second-order valence-electron chi connectivity index (χ2n) is 8.53. The van der Waals surface area contributed by atoms with E-state index in [1.807, 2.05) is 0 Å². The first-order valence-corrected chi connectivity index (χ1v) is 11.2. The topological polar surface area (TPSA) is 113 Å². The molecule has 4 rings (SSSR count). The van der Waals surface area contributed by atoms with E-state index < -0.39 is 30.3 Å². The number of hydrogen-bond acceptors (Lipinski definition) is 6. The molecule has 13 heteroatoms. The average Bonchev–Trinajstić information content (AvgIpc) is 3.27. The Morgan fingerprint density at radius 2 is 1.92 bits per heavy atom. The average molecular weight is 521 g/mol. The highest BCUT2D eigenvalue weighted by molar-refractivity contribution is 5.96. The van der Waals surface area contributed by atoms with Gasteiger partial charge in [0, 0.05) is 38.0 Å². The number of piperidine rings is 1. The lowest BCUT2D eigenvalue weighted by Gasteiger charge is -2.34. The van der Waals surface area contributed by atoms with Crippen LogP contribution in [0.3, 0.4) is 0 Å². The Kier molecular flexibility index (Phi) is 7.32. The fraction of sp³-hybridized carbons (Fsp3) is 0.333. The lowest BCUT2D eigenvalue weighted by Crippen LogP contribution is -2.49. The van der Waals surface area contributed by atoms with Crippen molar-refractivity contribution in [2.75, 3.05) is 13.1 Å². The van der Waals surface area contributed by atoms with Crippen LogP contribution in [0.15, 0.2) is 49.1 Å². The zero-order valence-electron chi connectivity index (χ0n) is 19.6. The summed E-state index contributed by atoms with van der Waals surface area (Å²) in [6.07, 6.45) is -2.57. The number of alkyl halides is 4. The van der Waals surface area contributed by atoms with Crippen molar-refractivity contribution in [2.24, 2.45) is 12.8 Å². The normalized spacial score (nSPS) is 17.9. The second kappa shape index (κ2) is 10.4. The molecule has 196 valence electrons. The Bertz CT molecular complexity index is 1280. The molecule has 1 fully saturated rings. The summed E-state index contributed by atoms with van der Waals surface area (Å²) >= 11 is 0. The van der Waals surface area contributed by atoms with Gasteiger partial charge in [0.25, 0.3) is 5.91 Å². The van der Waals surface area contributed by atoms with Crippen molar-refractivity contribution in [1.82, 2.24) is 19.4 Å². The van der Waals surface area contributed by atoms with Crippen LogP contribution in [-0.4, -0.2) is 63.0 Å². The number of likely N-dealkylation sites (tertiary alicyclic amines) is 1. The Morgan fingerprint density at radius 1 is 1.19 bits per heavy atom. The van der Waals surface area contributed by atoms with E-state index in [0.717, 1.165) is 12.1 Å². The Hall–Kier alpha value is -4.16. The number of ether oxygens (including phenoxy) is 2. The van der Waals surface area contributed by atoms with Crippen molar-refractivity contribution in [3.8, 4) is 22.9 Å². The molecular weight excluding hydrogens is 498 g/mol. The standard InChI is InChI=1S/C24H23F4N5O4/c1-32-12-19(31-13-32)15-9-17(22(29)35)23(30-10-15)36-20-6-7-33(11-18(20)25)21(34)8-14-2-4-16(5-3-14)37-24(26,27)28/h2-5,9-10,12-13,18,20H,6-8,11H2,1H3,(H2,29,35). The van der Waals surface area contributed by atoms with Gasteiger partial charge in [-0.2, -0.15) is 0 Å². The number of nitrogens with two attached hydrogens (primary N) is 1. The van der Waals surface area contributed by atoms with E-state index in [1.165, 1.54) is 29.3 Å². The lowest BCUT2D eigenvalue weighted by molar-refractivity contribution is -0.274. The maximum absolute atomic E-state index is 15.0. The smallest absolute Gasteiger partial charge is 0.471 e. The summed E-state index contributed by atoms with van der Waals surface area (Å²) in [4.78, 5) is 34.3. The van der Waals surface area contributed by atoms with Gasteiger partial charge in [-0.25, -0.2) is 14.4 Å². The third kappa shape index (κ3) is 6.54. The molecule has 2 N–H and O–H groups in total.